The van der Waals surface area contributed by atoms with E-state index in [1.54, 1.807) is 7.11 Å². The minimum Gasteiger partial charge on any atom is -0.497 e. The first-order chi connectivity index (χ1) is 15.4. The van der Waals surface area contributed by atoms with Gasteiger partial charge in [-0.1, -0.05) is 35.9 Å². The van der Waals surface area contributed by atoms with Gasteiger partial charge in [0.2, 0.25) is 0 Å². The summed E-state index contributed by atoms with van der Waals surface area (Å²) in [4.78, 5) is 17.0. The number of ether oxygens (including phenoxy) is 1. The fourth-order valence-electron chi connectivity index (χ4n) is 4.89. The van der Waals surface area contributed by atoms with Crippen molar-refractivity contribution in [3.05, 3.63) is 70.8 Å². The summed E-state index contributed by atoms with van der Waals surface area (Å²) in [7, 11) is 6.05. The SMILES string of the molecule is CCN(CC)C(=O)c1cccc(C=C2CCC(CN(C)C)C(c3cccc(OC)c3)C2)c1.Cl. The van der Waals surface area contributed by atoms with Crippen LogP contribution in [0.15, 0.2) is 54.1 Å². The molecule has 33 heavy (non-hydrogen) atoms. The number of benzene rings is 2. The number of carbonyl (C=O) groups excluding carboxylic acids is 1. The summed E-state index contributed by atoms with van der Waals surface area (Å²) in [5.41, 5.74) is 4.70. The first-order valence-electron chi connectivity index (χ1n) is 11.8. The van der Waals surface area contributed by atoms with E-state index in [1.807, 2.05) is 43.0 Å². The van der Waals surface area contributed by atoms with Crippen molar-refractivity contribution in [3.8, 4) is 5.75 Å². The van der Waals surface area contributed by atoms with E-state index in [9.17, 15) is 4.79 Å². The average molecular weight is 471 g/mol. The van der Waals surface area contributed by atoms with Crippen LogP contribution in [0.1, 0.15) is 60.5 Å². The highest BCUT2D eigenvalue weighted by Gasteiger charge is 2.29. The summed E-state index contributed by atoms with van der Waals surface area (Å²) in [6.45, 7) is 6.60. The molecule has 0 aliphatic heterocycles. The molecule has 0 spiro atoms. The molecule has 2 aromatic carbocycles. The maximum Gasteiger partial charge on any atom is 0.253 e. The molecule has 5 heteroatoms. The van der Waals surface area contributed by atoms with Crippen LogP contribution in [0, 0.1) is 5.92 Å². The molecule has 2 aromatic rings. The van der Waals surface area contributed by atoms with Gasteiger partial charge < -0.3 is 14.5 Å². The van der Waals surface area contributed by atoms with Gasteiger partial charge in [-0.05, 0) is 94.4 Å². The summed E-state index contributed by atoms with van der Waals surface area (Å²) in [5.74, 6) is 2.11. The number of methoxy groups -OCH3 is 1. The molecule has 2 atom stereocenters. The van der Waals surface area contributed by atoms with Crippen molar-refractivity contribution in [2.45, 2.75) is 39.0 Å². The van der Waals surface area contributed by atoms with Gasteiger partial charge in [0, 0.05) is 25.2 Å². The van der Waals surface area contributed by atoms with Crippen LogP contribution in [-0.2, 0) is 0 Å². The van der Waals surface area contributed by atoms with Gasteiger partial charge in [0.15, 0.2) is 0 Å². The molecular weight excluding hydrogens is 432 g/mol. The van der Waals surface area contributed by atoms with Crippen molar-refractivity contribution in [2.24, 2.45) is 5.92 Å². The van der Waals surface area contributed by atoms with Gasteiger partial charge in [-0.2, -0.15) is 0 Å². The minimum atomic E-state index is 0. The highest BCUT2D eigenvalue weighted by molar-refractivity contribution is 5.94. The largest absolute Gasteiger partial charge is 0.497 e. The Morgan fingerprint density at radius 2 is 1.82 bits per heavy atom. The molecule has 0 radical (unpaired) electrons. The molecule has 2 unspecified atom stereocenters. The number of hydrogen-bond acceptors (Lipinski definition) is 3. The lowest BCUT2D eigenvalue weighted by Gasteiger charge is -2.35. The molecule has 1 fully saturated rings. The Kier molecular flexibility index (Phi) is 10.5. The highest BCUT2D eigenvalue weighted by Crippen LogP contribution is 2.42. The Bertz CT molecular complexity index is 937. The molecule has 1 amide bonds. The minimum absolute atomic E-state index is 0. The third-order valence-corrected chi connectivity index (χ3v) is 6.56. The summed E-state index contributed by atoms with van der Waals surface area (Å²) < 4.78 is 5.50. The monoisotopic (exact) mass is 470 g/mol. The Labute approximate surface area is 206 Å². The lowest BCUT2D eigenvalue weighted by atomic mass is 9.73. The molecule has 0 saturated heterocycles. The topological polar surface area (TPSA) is 32.8 Å². The first-order valence-corrected chi connectivity index (χ1v) is 11.8. The van der Waals surface area contributed by atoms with Gasteiger partial charge in [-0.15, -0.1) is 12.4 Å². The molecule has 1 aliphatic rings. The van der Waals surface area contributed by atoms with Crippen molar-refractivity contribution in [1.82, 2.24) is 9.80 Å². The molecule has 1 aliphatic carbocycles. The molecule has 3 rings (SSSR count). The van der Waals surface area contributed by atoms with E-state index in [-0.39, 0.29) is 18.3 Å². The Hall–Kier alpha value is -2.30. The van der Waals surface area contributed by atoms with Gasteiger partial charge >= 0.3 is 0 Å². The second-order valence-corrected chi connectivity index (χ2v) is 9.05. The number of halogens is 1. The van der Waals surface area contributed by atoms with E-state index in [4.69, 9.17) is 4.74 Å². The van der Waals surface area contributed by atoms with E-state index < -0.39 is 0 Å². The molecule has 0 N–H and O–H groups in total. The van der Waals surface area contributed by atoms with Crippen LogP contribution in [0.25, 0.3) is 6.08 Å². The fourth-order valence-corrected chi connectivity index (χ4v) is 4.89. The lowest BCUT2D eigenvalue weighted by Crippen LogP contribution is -2.30. The van der Waals surface area contributed by atoms with Crippen LogP contribution in [0.5, 0.6) is 5.75 Å². The summed E-state index contributed by atoms with van der Waals surface area (Å²) in [6, 6.07) is 16.6. The quantitative estimate of drug-likeness (QED) is 0.465. The Morgan fingerprint density at radius 1 is 1.09 bits per heavy atom. The summed E-state index contributed by atoms with van der Waals surface area (Å²) >= 11 is 0. The summed E-state index contributed by atoms with van der Waals surface area (Å²) in [6.07, 6.45) is 5.62. The fraction of sp³-hybridized carbons (Fsp3) is 0.464. The number of carbonyl (C=O) groups is 1. The van der Waals surface area contributed by atoms with Crippen LogP contribution in [-0.4, -0.2) is 56.5 Å². The molecular formula is C28H39ClN2O2. The number of allylic oxidation sites excluding steroid dienone is 1. The Morgan fingerprint density at radius 3 is 2.48 bits per heavy atom. The van der Waals surface area contributed by atoms with Gasteiger partial charge in [-0.25, -0.2) is 0 Å². The molecule has 4 nitrogen and oxygen atoms in total. The van der Waals surface area contributed by atoms with Crippen LogP contribution in [0.3, 0.4) is 0 Å². The standard InChI is InChI=1S/C28H38N2O2.ClH/c1-6-30(7-2)28(31)24-12-8-10-21(17-24)16-22-14-15-25(20-29(3)4)27(18-22)23-11-9-13-26(19-23)32-5;/h8-13,16-17,19,25,27H,6-7,14-15,18,20H2,1-5H3;1H. The van der Waals surface area contributed by atoms with Crippen LogP contribution >= 0.6 is 12.4 Å². The lowest BCUT2D eigenvalue weighted by molar-refractivity contribution is 0.0773. The van der Waals surface area contributed by atoms with E-state index in [1.165, 1.54) is 17.6 Å². The first kappa shape index (κ1) is 26.9. The van der Waals surface area contributed by atoms with Crippen LogP contribution in [0.4, 0.5) is 0 Å². The molecule has 1 saturated carbocycles. The van der Waals surface area contributed by atoms with E-state index >= 15 is 0 Å². The smallest absolute Gasteiger partial charge is 0.253 e. The van der Waals surface area contributed by atoms with Gasteiger partial charge in [0.25, 0.3) is 5.91 Å². The van der Waals surface area contributed by atoms with Crippen molar-refractivity contribution in [3.63, 3.8) is 0 Å². The maximum absolute atomic E-state index is 12.8. The molecule has 0 aromatic heterocycles. The van der Waals surface area contributed by atoms with Crippen LogP contribution < -0.4 is 4.74 Å². The number of hydrogen-bond donors (Lipinski definition) is 0. The van der Waals surface area contributed by atoms with Crippen molar-refractivity contribution in [2.75, 3.05) is 40.8 Å². The second kappa shape index (κ2) is 12.8. The van der Waals surface area contributed by atoms with E-state index in [0.717, 1.165) is 49.4 Å². The van der Waals surface area contributed by atoms with E-state index in [0.29, 0.717) is 11.8 Å². The van der Waals surface area contributed by atoms with Crippen molar-refractivity contribution < 1.29 is 9.53 Å². The zero-order chi connectivity index (χ0) is 23.1. The highest BCUT2D eigenvalue weighted by atomic mass is 35.5. The predicted molar refractivity (Wildman–Crippen MR) is 141 cm³/mol. The number of rotatable bonds is 8. The molecule has 0 heterocycles. The zero-order valence-corrected chi connectivity index (χ0v) is 21.5. The third-order valence-electron chi connectivity index (χ3n) is 6.56. The van der Waals surface area contributed by atoms with Gasteiger partial charge in [0.1, 0.15) is 5.75 Å². The summed E-state index contributed by atoms with van der Waals surface area (Å²) in [5, 5.41) is 0. The molecule has 0 bridgehead atoms. The third kappa shape index (κ3) is 7.09. The Balaban J connectivity index is 0.00000385. The van der Waals surface area contributed by atoms with Crippen molar-refractivity contribution in [1.29, 1.82) is 0 Å². The van der Waals surface area contributed by atoms with Crippen LogP contribution in [0.2, 0.25) is 0 Å². The van der Waals surface area contributed by atoms with Crippen molar-refractivity contribution >= 4 is 24.4 Å². The van der Waals surface area contributed by atoms with E-state index in [2.05, 4.69) is 49.3 Å². The maximum atomic E-state index is 12.8. The molecule has 180 valence electrons. The predicted octanol–water partition coefficient (Wildman–Crippen LogP) is 6.13. The van der Waals surface area contributed by atoms with Gasteiger partial charge in [-0.3, -0.25) is 4.79 Å². The second-order valence-electron chi connectivity index (χ2n) is 9.05. The number of nitrogens with zero attached hydrogens (tertiary/aromatic N) is 2. The average Bonchev–Trinajstić information content (AvgIpc) is 2.80. The van der Waals surface area contributed by atoms with Gasteiger partial charge in [0.05, 0.1) is 7.11 Å². The number of amides is 1. The normalized spacial score (nSPS) is 19.3. The zero-order valence-electron chi connectivity index (χ0n) is 20.7.